The molecule has 0 radical (unpaired) electrons. The molecule has 9 nitrogen and oxygen atoms in total. The zero-order chi connectivity index (χ0) is 22.1. The molecule has 10 heteroatoms. The number of nitrogens with zero attached hydrogens (tertiary/aromatic N) is 5. The third-order valence-corrected chi connectivity index (χ3v) is 6.47. The smallest absolute Gasteiger partial charge is 0.332 e. The van der Waals surface area contributed by atoms with Crippen LogP contribution in [0, 0.1) is 0 Å². The summed E-state index contributed by atoms with van der Waals surface area (Å²) in [6.07, 6.45) is 3.27. The number of pyridine rings is 1. The average Bonchev–Trinajstić information content (AvgIpc) is 3.06. The molecule has 0 aromatic carbocycles. The maximum atomic E-state index is 13.2. The summed E-state index contributed by atoms with van der Waals surface area (Å²) in [5.74, 6) is 0.230. The molecule has 160 valence electrons. The number of Topliss-reactive ketones (excluding diaryl/α,β-unsaturated/α-hetero) is 1. The van der Waals surface area contributed by atoms with E-state index in [0.717, 1.165) is 16.2 Å². The second kappa shape index (κ2) is 8.48. The number of carbonyl (C=O) groups is 1. The Morgan fingerprint density at radius 2 is 1.80 bits per heavy atom. The van der Waals surface area contributed by atoms with Crippen molar-refractivity contribution in [2.45, 2.75) is 45.9 Å². The van der Waals surface area contributed by atoms with Crippen molar-refractivity contribution in [3.8, 4) is 11.4 Å². The van der Waals surface area contributed by atoms with E-state index in [2.05, 4.69) is 29.6 Å². The summed E-state index contributed by atoms with van der Waals surface area (Å²) in [6, 6.07) is 4.55. The normalized spacial score (nSPS) is 11.9. The molecule has 0 spiro atoms. The maximum Gasteiger partial charge on any atom is 0.332 e. The van der Waals surface area contributed by atoms with Crippen LogP contribution in [0.5, 0.6) is 0 Å². The summed E-state index contributed by atoms with van der Waals surface area (Å²) >= 11 is 0. The second-order valence-electron chi connectivity index (χ2n) is 8.55. The lowest BCUT2D eigenvalue weighted by atomic mass is 10.2. The number of hydrogen-bond acceptors (Lipinski definition) is 6. The minimum Gasteiger partial charge on any atom is -0.361 e. The number of imidazole rings is 1. The Morgan fingerprint density at radius 3 is 2.40 bits per heavy atom. The van der Waals surface area contributed by atoms with Gasteiger partial charge in [-0.2, -0.15) is 0 Å². The van der Waals surface area contributed by atoms with Gasteiger partial charge in [0.2, 0.25) is 0 Å². The molecule has 3 heterocycles. The second-order valence-corrected chi connectivity index (χ2v) is 14.2. The Labute approximate surface area is 175 Å². The first kappa shape index (κ1) is 21.8. The van der Waals surface area contributed by atoms with Gasteiger partial charge in [-0.15, -0.1) is 0 Å². The average molecular weight is 430 g/mol. The van der Waals surface area contributed by atoms with Crippen LogP contribution in [0.25, 0.3) is 22.6 Å². The van der Waals surface area contributed by atoms with Gasteiger partial charge in [-0.25, -0.2) is 9.78 Å². The molecule has 0 saturated heterocycles. The Kier molecular flexibility index (Phi) is 6.18. The van der Waals surface area contributed by atoms with E-state index < -0.39 is 19.3 Å². The number of aryl methyl sites for hydroxylation is 1. The summed E-state index contributed by atoms with van der Waals surface area (Å²) in [7, 11) is 0.270. The van der Waals surface area contributed by atoms with E-state index in [1.165, 1.54) is 11.5 Å². The minimum atomic E-state index is -1.27. The molecular formula is C20H27N5O4Si. The number of ether oxygens (including phenoxy) is 1. The fourth-order valence-electron chi connectivity index (χ4n) is 3.11. The molecule has 0 unspecified atom stereocenters. The fourth-order valence-corrected chi connectivity index (χ4v) is 3.87. The van der Waals surface area contributed by atoms with Crippen LogP contribution in [0.2, 0.25) is 25.7 Å². The third-order valence-electron chi connectivity index (χ3n) is 4.77. The van der Waals surface area contributed by atoms with E-state index >= 15 is 0 Å². The number of hydrogen-bond donors (Lipinski definition) is 0. The van der Waals surface area contributed by atoms with Crippen LogP contribution in [-0.2, 0) is 29.9 Å². The van der Waals surface area contributed by atoms with Gasteiger partial charge in [-0.05, 0) is 25.1 Å². The highest BCUT2D eigenvalue weighted by atomic mass is 28.3. The van der Waals surface area contributed by atoms with Crippen LogP contribution in [0.4, 0.5) is 0 Å². The van der Waals surface area contributed by atoms with Gasteiger partial charge in [0, 0.05) is 39.7 Å². The lowest BCUT2D eigenvalue weighted by Crippen LogP contribution is -2.41. The molecule has 30 heavy (non-hydrogen) atoms. The van der Waals surface area contributed by atoms with Gasteiger partial charge < -0.3 is 4.74 Å². The minimum absolute atomic E-state index is 0.117. The fraction of sp³-hybridized carbons (Fsp3) is 0.450. The van der Waals surface area contributed by atoms with Crippen LogP contribution in [0.15, 0.2) is 34.1 Å². The number of carbonyl (C=O) groups excluding carboxylic acids is 1. The molecule has 0 fully saturated rings. The summed E-state index contributed by atoms with van der Waals surface area (Å²) in [5.41, 5.74) is 0.113. The molecule has 0 atom stereocenters. The van der Waals surface area contributed by atoms with Crippen LogP contribution in [-0.4, -0.2) is 44.1 Å². The quantitative estimate of drug-likeness (QED) is 0.400. The first-order chi connectivity index (χ1) is 14.1. The Balaban J connectivity index is 2.18. The van der Waals surface area contributed by atoms with Crippen molar-refractivity contribution in [1.82, 2.24) is 23.7 Å². The Bertz CT molecular complexity index is 1190. The van der Waals surface area contributed by atoms with Gasteiger partial charge in [0.25, 0.3) is 5.56 Å². The van der Waals surface area contributed by atoms with Crippen molar-refractivity contribution in [2.24, 2.45) is 7.05 Å². The SMILES string of the molecule is CC(=O)Cn1c(=O)c2c(nc(-c3ccncc3)n2COCC[Si](C)(C)C)n(C)c1=O. The molecule has 0 aliphatic heterocycles. The molecule has 0 saturated carbocycles. The molecular weight excluding hydrogens is 402 g/mol. The lowest BCUT2D eigenvalue weighted by molar-refractivity contribution is -0.117. The first-order valence-corrected chi connectivity index (χ1v) is 13.5. The lowest BCUT2D eigenvalue weighted by Gasteiger charge is -2.16. The van der Waals surface area contributed by atoms with Gasteiger partial charge >= 0.3 is 5.69 Å². The van der Waals surface area contributed by atoms with Crippen molar-refractivity contribution < 1.29 is 9.53 Å². The number of rotatable bonds is 8. The predicted octanol–water partition coefficient (Wildman–Crippen LogP) is 1.86. The zero-order valence-corrected chi connectivity index (χ0v) is 19.0. The van der Waals surface area contributed by atoms with Gasteiger partial charge in [0.05, 0.1) is 6.54 Å². The molecule has 0 N–H and O–H groups in total. The molecule has 0 aliphatic rings. The monoisotopic (exact) mass is 429 g/mol. The van der Waals surface area contributed by atoms with Gasteiger partial charge in [-0.3, -0.25) is 28.3 Å². The van der Waals surface area contributed by atoms with E-state index in [1.807, 2.05) is 0 Å². The Morgan fingerprint density at radius 1 is 1.13 bits per heavy atom. The highest BCUT2D eigenvalue weighted by Gasteiger charge is 2.22. The molecule has 3 aromatic heterocycles. The summed E-state index contributed by atoms with van der Waals surface area (Å²) in [6.45, 7) is 8.54. The van der Waals surface area contributed by atoms with Gasteiger partial charge in [0.15, 0.2) is 11.2 Å². The topological polar surface area (TPSA) is 101 Å². The highest BCUT2D eigenvalue weighted by Crippen LogP contribution is 2.22. The zero-order valence-electron chi connectivity index (χ0n) is 18.0. The van der Waals surface area contributed by atoms with Gasteiger partial charge in [0.1, 0.15) is 18.3 Å². The van der Waals surface area contributed by atoms with Crippen molar-refractivity contribution in [3.05, 3.63) is 45.4 Å². The number of aromatic nitrogens is 5. The molecule has 0 amide bonds. The van der Waals surface area contributed by atoms with Crippen LogP contribution < -0.4 is 11.2 Å². The van der Waals surface area contributed by atoms with E-state index in [-0.39, 0.29) is 30.2 Å². The summed E-state index contributed by atoms with van der Waals surface area (Å²) in [5, 5.41) is 0. The van der Waals surface area contributed by atoms with Crippen LogP contribution in [0.3, 0.4) is 0 Å². The van der Waals surface area contributed by atoms with Crippen LogP contribution >= 0.6 is 0 Å². The van der Waals surface area contributed by atoms with E-state index in [9.17, 15) is 14.4 Å². The largest absolute Gasteiger partial charge is 0.361 e. The summed E-state index contributed by atoms with van der Waals surface area (Å²) < 4.78 is 9.82. The van der Waals surface area contributed by atoms with E-state index in [1.54, 1.807) is 36.1 Å². The van der Waals surface area contributed by atoms with Crippen molar-refractivity contribution >= 4 is 25.0 Å². The number of fused-ring (bicyclic) bond motifs is 1. The molecule has 3 rings (SSSR count). The van der Waals surface area contributed by atoms with Gasteiger partial charge in [-0.1, -0.05) is 19.6 Å². The maximum absolute atomic E-state index is 13.2. The van der Waals surface area contributed by atoms with E-state index in [0.29, 0.717) is 12.4 Å². The van der Waals surface area contributed by atoms with Crippen LogP contribution in [0.1, 0.15) is 6.92 Å². The Hall–Kier alpha value is -2.85. The molecule has 3 aromatic rings. The van der Waals surface area contributed by atoms with Crippen molar-refractivity contribution in [2.75, 3.05) is 6.61 Å². The number of ketones is 1. The highest BCUT2D eigenvalue weighted by molar-refractivity contribution is 6.76. The molecule has 0 aliphatic carbocycles. The van der Waals surface area contributed by atoms with Crippen molar-refractivity contribution in [3.63, 3.8) is 0 Å². The standard InChI is InChI=1S/C20H27N5O4Si/c1-14(26)12-24-19(27)16-18(23(2)20(24)28)22-17(15-6-8-21-9-7-15)25(16)13-29-10-11-30(3,4)5/h6-9H,10-13H2,1-5H3. The summed E-state index contributed by atoms with van der Waals surface area (Å²) in [4.78, 5) is 46.1. The third kappa shape index (κ3) is 4.49. The molecule has 0 bridgehead atoms. The van der Waals surface area contributed by atoms with E-state index in [4.69, 9.17) is 4.74 Å². The predicted molar refractivity (Wildman–Crippen MR) is 117 cm³/mol. The first-order valence-electron chi connectivity index (χ1n) is 9.78. The van der Waals surface area contributed by atoms with Crippen molar-refractivity contribution in [1.29, 1.82) is 0 Å².